The van der Waals surface area contributed by atoms with E-state index in [0.717, 1.165) is 17.7 Å². The summed E-state index contributed by atoms with van der Waals surface area (Å²) in [4.78, 5) is 20.8. The molecule has 0 aliphatic heterocycles. The van der Waals surface area contributed by atoms with E-state index in [-0.39, 0.29) is 12.3 Å². The molecule has 0 unspecified atom stereocenters. The molecule has 0 bridgehead atoms. The predicted molar refractivity (Wildman–Crippen MR) is 99.9 cm³/mol. The lowest BCUT2D eigenvalue weighted by Crippen LogP contribution is -2.24. The zero-order valence-corrected chi connectivity index (χ0v) is 14.9. The summed E-state index contributed by atoms with van der Waals surface area (Å²) < 4.78 is 11.1. The Balaban J connectivity index is 1.25. The molecule has 0 radical (unpaired) electrons. The first-order valence-corrected chi connectivity index (χ1v) is 9.10. The van der Waals surface area contributed by atoms with Gasteiger partial charge in [-0.05, 0) is 36.5 Å². The highest BCUT2D eigenvalue weighted by molar-refractivity contribution is 5.78. The molecule has 6 nitrogen and oxygen atoms in total. The highest BCUT2D eigenvalue weighted by Gasteiger charge is 2.22. The molecule has 138 valence electrons. The maximum atomic E-state index is 12.1. The third-order valence-electron chi connectivity index (χ3n) is 4.37. The lowest BCUT2D eigenvalue weighted by Gasteiger charge is -2.06. The quantitative estimate of drug-likeness (QED) is 0.664. The monoisotopic (exact) mass is 363 g/mol. The summed E-state index contributed by atoms with van der Waals surface area (Å²) in [7, 11) is 0. The Morgan fingerprint density at radius 3 is 2.78 bits per heavy atom. The maximum absolute atomic E-state index is 12.1. The molecule has 0 saturated heterocycles. The van der Waals surface area contributed by atoms with E-state index in [2.05, 4.69) is 15.3 Å². The summed E-state index contributed by atoms with van der Waals surface area (Å²) in [5.41, 5.74) is 2.42. The smallest absolute Gasteiger partial charge is 0.226 e. The zero-order chi connectivity index (χ0) is 18.5. The minimum absolute atomic E-state index is 0.114. The van der Waals surface area contributed by atoms with Crippen LogP contribution in [-0.2, 0) is 17.8 Å². The number of nitrogens with one attached hydrogen (secondary N) is 1. The van der Waals surface area contributed by atoms with Crippen LogP contribution in [0.15, 0.2) is 59.3 Å². The van der Waals surface area contributed by atoms with Crippen LogP contribution in [0.2, 0.25) is 0 Å². The summed E-state index contributed by atoms with van der Waals surface area (Å²) >= 11 is 0. The number of hydrogen-bond acceptors (Lipinski definition) is 5. The van der Waals surface area contributed by atoms with Crippen molar-refractivity contribution in [2.45, 2.75) is 25.8 Å². The number of benzene rings is 1. The van der Waals surface area contributed by atoms with E-state index < -0.39 is 0 Å². The summed E-state index contributed by atoms with van der Waals surface area (Å²) in [6.45, 7) is 1.16. The van der Waals surface area contributed by atoms with Crippen LogP contribution in [0, 0.1) is 5.92 Å². The topological polar surface area (TPSA) is 77.2 Å². The third kappa shape index (κ3) is 4.94. The molecule has 6 heteroatoms. The Hall–Kier alpha value is -3.15. The van der Waals surface area contributed by atoms with Gasteiger partial charge in [0.05, 0.1) is 18.7 Å². The minimum atomic E-state index is -0.114. The molecule has 0 spiro atoms. The summed E-state index contributed by atoms with van der Waals surface area (Å²) in [5, 5.41) is 2.87. The second kappa shape index (κ2) is 8.03. The molecule has 27 heavy (non-hydrogen) atoms. The fourth-order valence-electron chi connectivity index (χ4n) is 2.62. The molecule has 2 aromatic heterocycles. The van der Waals surface area contributed by atoms with Gasteiger partial charge in [0.25, 0.3) is 0 Å². The van der Waals surface area contributed by atoms with E-state index in [1.807, 2.05) is 42.5 Å². The third-order valence-corrected chi connectivity index (χ3v) is 4.37. The Kier molecular flexibility index (Phi) is 5.14. The average Bonchev–Trinajstić information content (AvgIpc) is 3.43. The molecular formula is C21H21N3O3. The summed E-state index contributed by atoms with van der Waals surface area (Å²) in [6, 6.07) is 13.4. The van der Waals surface area contributed by atoms with Crippen LogP contribution < -0.4 is 10.1 Å². The van der Waals surface area contributed by atoms with E-state index in [4.69, 9.17) is 9.15 Å². The van der Waals surface area contributed by atoms with Gasteiger partial charge in [-0.15, -0.1) is 0 Å². The van der Waals surface area contributed by atoms with Crippen molar-refractivity contribution in [1.82, 2.24) is 15.3 Å². The second-order valence-electron chi connectivity index (χ2n) is 6.72. The van der Waals surface area contributed by atoms with Crippen LogP contribution in [0.3, 0.4) is 0 Å². The van der Waals surface area contributed by atoms with Gasteiger partial charge < -0.3 is 14.5 Å². The number of aromatic nitrogens is 2. The van der Waals surface area contributed by atoms with Crippen molar-refractivity contribution in [2.24, 2.45) is 5.92 Å². The molecule has 1 saturated carbocycles. The highest BCUT2D eigenvalue weighted by Crippen LogP contribution is 2.29. The highest BCUT2D eigenvalue weighted by atomic mass is 16.5. The van der Waals surface area contributed by atoms with Crippen molar-refractivity contribution < 1.29 is 13.9 Å². The van der Waals surface area contributed by atoms with Gasteiger partial charge in [-0.3, -0.25) is 4.79 Å². The Labute approximate surface area is 157 Å². The zero-order valence-electron chi connectivity index (χ0n) is 14.9. The van der Waals surface area contributed by atoms with Crippen molar-refractivity contribution in [3.05, 3.63) is 66.2 Å². The number of hydrogen-bond donors (Lipinski definition) is 1. The maximum Gasteiger partial charge on any atom is 0.226 e. The first-order valence-electron chi connectivity index (χ1n) is 9.10. The standard InChI is InChI=1S/C21H21N3O3/c25-19(10-18-14-27-21(24-18)17-4-2-1-3-5-17)22-11-16-8-9-20(23-12-16)26-13-15-6-7-15/h1-5,8-9,12,14-15H,6-7,10-11,13H2,(H,22,25). The molecule has 1 N–H and O–H groups in total. The van der Waals surface area contributed by atoms with E-state index in [9.17, 15) is 4.79 Å². The van der Waals surface area contributed by atoms with Gasteiger partial charge in [-0.25, -0.2) is 9.97 Å². The van der Waals surface area contributed by atoms with E-state index in [1.165, 1.54) is 19.1 Å². The molecule has 4 rings (SSSR count). The van der Waals surface area contributed by atoms with Crippen molar-refractivity contribution in [1.29, 1.82) is 0 Å². The first-order chi connectivity index (χ1) is 13.3. The number of carbonyl (C=O) groups excluding carboxylic acids is 1. The molecule has 1 fully saturated rings. The van der Waals surface area contributed by atoms with Crippen LogP contribution in [0.5, 0.6) is 5.88 Å². The van der Waals surface area contributed by atoms with Gasteiger partial charge in [0.1, 0.15) is 6.26 Å². The molecule has 1 aromatic carbocycles. The Morgan fingerprint density at radius 1 is 1.19 bits per heavy atom. The molecule has 0 atom stereocenters. The van der Waals surface area contributed by atoms with Gasteiger partial charge in [0, 0.05) is 24.4 Å². The summed E-state index contributed by atoms with van der Waals surface area (Å²) in [5.74, 6) is 1.74. The lowest BCUT2D eigenvalue weighted by atomic mass is 10.2. The fourth-order valence-corrected chi connectivity index (χ4v) is 2.62. The number of rotatable bonds is 8. The average molecular weight is 363 g/mol. The predicted octanol–water partition coefficient (Wildman–Crippen LogP) is 3.38. The molecule has 1 amide bonds. The van der Waals surface area contributed by atoms with E-state index in [1.54, 1.807) is 6.20 Å². The number of nitrogens with zero attached hydrogens (tertiary/aromatic N) is 2. The first kappa shape index (κ1) is 17.3. The molecule has 1 aliphatic carbocycles. The minimum Gasteiger partial charge on any atom is -0.477 e. The van der Waals surface area contributed by atoms with Crippen LogP contribution in [0.1, 0.15) is 24.1 Å². The number of oxazole rings is 1. The largest absolute Gasteiger partial charge is 0.477 e. The van der Waals surface area contributed by atoms with Crippen LogP contribution >= 0.6 is 0 Å². The lowest BCUT2D eigenvalue weighted by molar-refractivity contribution is -0.120. The van der Waals surface area contributed by atoms with Gasteiger partial charge in [-0.2, -0.15) is 0 Å². The van der Waals surface area contributed by atoms with Crippen LogP contribution in [0.4, 0.5) is 0 Å². The van der Waals surface area contributed by atoms with Crippen molar-refractivity contribution >= 4 is 5.91 Å². The second-order valence-corrected chi connectivity index (χ2v) is 6.72. The van der Waals surface area contributed by atoms with Crippen LogP contribution in [0.25, 0.3) is 11.5 Å². The Morgan fingerprint density at radius 2 is 2.04 bits per heavy atom. The number of amides is 1. The Bertz CT molecular complexity index is 887. The molecule has 1 aliphatic rings. The molecular weight excluding hydrogens is 342 g/mol. The molecule has 3 aromatic rings. The van der Waals surface area contributed by atoms with Gasteiger partial charge >= 0.3 is 0 Å². The number of ether oxygens (including phenoxy) is 1. The van der Waals surface area contributed by atoms with Crippen molar-refractivity contribution in [3.8, 4) is 17.3 Å². The SMILES string of the molecule is O=C(Cc1coc(-c2ccccc2)n1)NCc1ccc(OCC2CC2)nc1. The normalized spacial score (nSPS) is 13.3. The number of carbonyl (C=O) groups is 1. The van der Waals surface area contributed by atoms with E-state index >= 15 is 0 Å². The summed E-state index contributed by atoms with van der Waals surface area (Å²) in [6.07, 6.45) is 5.93. The fraction of sp³-hybridized carbons (Fsp3) is 0.286. The number of pyridine rings is 1. The van der Waals surface area contributed by atoms with Crippen LogP contribution in [-0.4, -0.2) is 22.5 Å². The molecule has 2 heterocycles. The van der Waals surface area contributed by atoms with Crippen molar-refractivity contribution in [2.75, 3.05) is 6.61 Å². The van der Waals surface area contributed by atoms with Gasteiger partial charge in [-0.1, -0.05) is 24.3 Å². The van der Waals surface area contributed by atoms with Gasteiger partial charge in [0.15, 0.2) is 0 Å². The van der Waals surface area contributed by atoms with Gasteiger partial charge in [0.2, 0.25) is 17.7 Å². The van der Waals surface area contributed by atoms with E-state index in [0.29, 0.717) is 29.9 Å². The van der Waals surface area contributed by atoms with Crippen molar-refractivity contribution in [3.63, 3.8) is 0 Å².